The second kappa shape index (κ2) is 8.63. The molecular formula is C19H19F3N4O3. The number of halogens is 3. The lowest BCUT2D eigenvalue weighted by Crippen LogP contribution is -2.21. The van der Waals surface area contributed by atoms with Gasteiger partial charge in [0.15, 0.2) is 0 Å². The predicted molar refractivity (Wildman–Crippen MR) is 100 cm³/mol. The third-order valence-electron chi connectivity index (χ3n) is 3.99. The van der Waals surface area contributed by atoms with Crippen molar-refractivity contribution in [3.8, 4) is 5.69 Å². The van der Waals surface area contributed by atoms with Crippen molar-refractivity contribution in [3.05, 3.63) is 66.0 Å². The van der Waals surface area contributed by atoms with E-state index in [9.17, 15) is 18.0 Å². The van der Waals surface area contributed by atoms with Crippen LogP contribution in [0.15, 0.2) is 49.1 Å². The Kier molecular flexibility index (Phi) is 6.47. The molecular weight excluding hydrogens is 389 g/mol. The van der Waals surface area contributed by atoms with Crippen LogP contribution in [0.2, 0.25) is 0 Å². The van der Waals surface area contributed by atoms with Crippen molar-refractivity contribution in [1.82, 2.24) is 14.1 Å². The number of rotatable bonds is 3. The van der Waals surface area contributed by atoms with E-state index < -0.39 is 12.1 Å². The van der Waals surface area contributed by atoms with E-state index in [1.165, 1.54) is 0 Å². The fourth-order valence-electron chi connectivity index (χ4n) is 2.31. The first-order valence-corrected chi connectivity index (χ1v) is 8.33. The van der Waals surface area contributed by atoms with Gasteiger partial charge in [0.25, 0.3) is 5.91 Å². The molecule has 0 fully saturated rings. The molecule has 2 aromatic heterocycles. The number of imidazole rings is 1. The average molecular weight is 408 g/mol. The first kappa shape index (κ1) is 21.7. The topological polar surface area (TPSA) is 89.2 Å². The minimum Gasteiger partial charge on any atom is -0.475 e. The van der Waals surface area contributed by atoms with Crippen LogP contribution >= 0.6 is 0 Å². The number of aliphatic carboxylic acids is 1. The molecule has 3 rings (SSSR count). The Labute approximate surface area is 164 Å². The number of anilines is 1. The Morgan fingerprint density at radius 2 is 1.69 bits per heavy atom. The van der Waals surface area contributed by atoms with Gasteiger partial charge in [-0.15, -0.1) is 0 Å². The Bertz CT molecular complexity index is 1000. The molecule has 7 nitrogen and oxygen atoms in total. The number of benzene rings is 1. The summed E-state index contributed by atoms with van der Waals surface area (Å²) < 4.78 is 35.6. The normalized spacial score (nSPS) is 10.8. The third-order valence-corrected chi connectivity index (χ3v) is 3.99. The number of carbonyl (C=O) groups excluding carboxylic acids is 1. The molecule has 0 bridgehead atoms. The maximum atomic E-state index is 12.1. The SMILES string of the molecule is Cc1ncn(-c2ccc(NC(=O)c3ccn(C)c3)cc2)c1C.O=C(O)C(F)(F)F. The molecule has 0 radical (unpaired) electrons. The molecule has 1 aromatic carbocycles. The number of carbonyl (C=O) groups is 2. The minimum atomic E-state index is -5.08. The maximum Gasteiger partial charge on any atom is 0.490 e. The molecule has 0 saturated heterocycles. The Morgan fingerprint density at radius 3 is 2.10 bits per heavy atom. The molecule has 1 amide bonds. The molecule has 2 N–H and O–H groups in total. The smallest absolute Gasteiger partial charge is 0.475 e. The molecule has 0 saturated carbocycles. The molecule has 0 unspecified atom stereocenters. The number of nitrogens with zero attached hydrogens (tertiary/aromatic N) is 3. The van der Waals surface area contributed by atoms with Crippen LogP contribution in [-0.2, 0) is 11.8 Å². The molecule has 154 valence electrons. The molecule has 2 heterocycles. The monoisotopic (exact) mass is 408 g/mol. The molecule has 0 aliphatic rings. The first-order chi connectivity index (χ1) is 13.5. The van der Waals surface area contributed by atoms with Crippen molar-refractivity contribution in [2.45, 2.75) is 20.0 Å². The summed E-state index contributed by atoms with van der Waals surface area (Å²) in [5, 5.41) is 10.0. The summed E-state index contributed by atoms with van der Waals surface area (Å²) in [6.07, 6.45) is 0.367. The van der Waals surface area contributed by atoms with Crippen molar-refractivity contribution in [1.29, 1.82) is 0 Å². The summed E-state index contributed by atoms with van der Waals surface area (Å²) in [4.78, 5) is 25.3. The lowest BCUT2D eigenvalue weighted by Gasteiger charge is -2.08. The van der Waals surface area contributed by atoms with Gasteiger partial charge in [-0.3, -0.25) is 4.79 Å². The van der Waals surface area contributed by atoms with E-state index in [0.717, 1.165) is 22.8 Å². The van der Waals surface area contributed by atoms with E-state index in [2.05, 4.69) is 10.3 Å². The fraction of sp³-hybridized carbons (Fsp3) is 0.211. The highest BCUT2D eigenvalue weighted by molar-refractivity contribution is 6.04. The molecule has 10 heteroatoms. The number of aromatic nitrogens is 3. The zero-order valence-corrected chi connectivity index (χ0v) is 15.9. The Morgan fingerprint density at radius 1 is 1.10 bits per heavy atom. The van der Waals surface area contributed by atoms with Gasteiger partial charge in [-0.1, -0.05) is 0 Å². The number of alkyl halides is 3. The quantitative estimate of drug-likeness (QED) is 0.691. The number of hydrogen-bond acceptors (Lipinski definition) is 3. The first-order valence-electron chi connectivity index (χ1n) is 8.33. The lowest BCUT2D eigenvalue weighted by molar-refractivity contribution is -0.192. The number of carboxylic acids is 1. The van der Waals surface area contributed by atoms with Crippen molar-refractivity contribution >= 4 is 17.6 Å². The summed E-state index contributed by atoms with van der Waals surface area (Å²) in [6.45, 7) is 4.02. The van der Waals surface area contributed by atoms with Gasteiger partial charge < -0.3 is 19.6 Å². The van der Waals surface area contributed by atoms with Crippen LogP contribution in [0.4, 0.5) is 18.9 Å². The second-order valence-corrected chi connectivity index (χ2v) is 6.15. The Balaban J connectivity index is 0.000000370. The molecule has 3 aromatic rings. The van der Waals surface area contributed by atoms with E-state index in [1.54, 1.807) is 12.3 Å². The summed E-state index contributed by atoms with van der Waals surface area (Å²) in [5.74, 6) is -2.87. The highest BCUT2D eigenvalue weighted by Gasteiger charge is 2.38. The fourth-order valence-corrected chi connectivity index (χ4v) is 2.31. The largest absolute Gasteiger partial charge is 0.490 e. The van der Waals surface area contributed by atoms with Gasteiger partial charge in [-0.05, 0) is 44.2 Å². The van der Waals surface area contributed by atoms with Crippen LogP contribution in [0.5, 0.6) is 0 Å². The van der Waals surface area contributed by atoms with Crippen LogP contribution in [0, 0.1) is 13.8 Å². The van der Waals surface area contributed by atoms with Gasteiger partial charge in [-0.25, -0.2) is 9.78 Å². The van der Waals surface area contributed by atoms with Crippen LogP contribution in [0.25, 0.3) is 5.69 Å². The van der Waals surface area contributed by atoms with Gasteiger partial charge >= 0.3 is 12.1 Å². The summed E-state index contributed by atoms with van der Waals surface area (Å²) in [5.41, 5.74) is 4.57. The highest BCUT2D eigenvalue weighted by atomic mass is 19.4. The van der Waals surface area contributed by atoms with Crippen LogP contribution in [0.1, 0.15) is 21.7 Å². The minimum absolute atomic E-state index is 0.108. The highest BCUT2D eigenvalue weighted by Crippen LogP contribution is 2.17. The van der Waals surface area contributed by atoms with E-state index in [-0.39, 0.29) is 5.91 Å². The number of aryl methyl sites for hydroxylation is 2. The molecule has 0 spiro atoms. The standard InChI is InChI=1S/C17H18N4O.C2HF3O2/c1-12-13(2)21(11-18-12)16-6-4-15(5-7-16)19-17(22)14-8-9-20(3)10-14;3-2(4,5)1(6)7/h4-11H,1-3H3,(H,19,22);(H,6,7). The Hall–Kier alpha value is -3.56. The number of nitrogens with one attached hydrogen (secondary N) is 1. The van der Waals surface area contributed by atoms with Crippen molar-refractivity contribution in [2.24, 2.45) is 7.05 Å². The molecule has 0 atom stereocenters. The summed E-state index contributed by atoms with van der Waals surface area (Å²) in [7, 11) is 1.89. The van der Waals surface area contributed by atoms with E-state index in [0.29, 0.717) is 5.56 Å². The van der Waals surface area contributed by atoms with E-state index in [4.69, 9.17) is 9.90 Å². The lowest BCUT2D eigenvalue weighted by atomic mass is 10.2. The molecule has 29 heavy (non-hydrogen) atoms. The zero-order valence-electron chi connectivity index (χ0n) is 15.9. The predicted octanol–water partition coefficient (Wildman–Crippen LogP) is 3.71. The van der Waals surface area contributed by atoms with Gasteiger partial charge in [0.1, 0.15) is 0 Å². The third kappa shape index (κ3) is 5.71. The number of amides is 1. The van der Waals surface area contributed by atoms with Gasteiger partial charge in [0.2, 0.25) is 0 Å². The van der Waals surface area contributed by atoms with Gasteiger partial charge in [-0.2, -0.15) is 13.2 Å². The second-order valence-electron chi connectivity index (χ2n) is 6.15. The van der Waals surface area contributed by atoms with Crippen molar-refractivity contribution in [3.63, 3.8) is 0 Å². The van der Waals surface area contributed by atoms with E-state index in [1.807, 2.05) is 66.8 Å². The van der Waals surface area contributed by atoms with Crippen LogP contribution in [0.3, 0.4) is 0 Å². The summed E-state index contributed by atoms with van der Waals surface area (Å²) >= 11 is 0. The van der Waals surface area contributed by atoms with Gasteiger partial charge in [0, 0.05) is 36.5 Å². The average Bonchev–Trinajstić information content (AvgIpc) is 3.22. The van der Waals surface area contributed by atoms with Crippen LogP contribution < -0.4 is 5.32 Å². The zero-order chi connectivity index (χ0) is 21.8. The van der Waals surface area contributed by atoms with Crippen LogP contribution in [-0.4, -0.2) is 37.3 Å². The van der Waals surface area contributed by atoms with Gasteiger partial charge in [0.05, 0.1) is 17.6 Å². The van der Waals surface area contributed by atoms with Crippen molar-refractivity contribution < 1.29 is 27.9 Å². The maximum absolute atomic E-state index is 12.1. The summed E-state index contributed by atoms with van der Waals surface area (Å²) in [6, 6.07) is 9.51. The van der Waals surface area contributed by atoms with Crippen molar-refractivity contribution in [2.75, 3.05) is 5.32 Å². The number of carboxylic acid groups (broad SMARTS) is 1. The number of hydrogen-bond donors (Lipinski definition) is 2. The molecule has 0 aliphatic carbocycles. The molecule has 0 aliphatic heterocycles. The van der Waals surface area contributed by atoms with E-state index >= 15 is 0 Å².